The highest BCUT2D eigenvalue weighted by Gasteiger charge is 2.22. The highest BCUT2D eigenvalue weighted by molar-refractivity contribution is 5.22. The minimum atomic E-state index is 0.886. The zero-order valence-electron chi connectivity index (χ0n) is 20.7. The summed E-state index contributed by atoms with van der Waals surface area (Å²) in [4.78, 5) is 0. The molecule has 1 saturated carbocycles. The van der Waals surface area contributed by atoms with Crippen molar-refractivity contribution in [3.8, 4) is 0 Å². The Hall–Kier alpha value is -0.780. The van der Waals surface area contributed by atoms with Gasteiger partial charge in [0.2, 0.25) is 0 Å². The van der Waals surface area contributed by atoms with Crippen molar-refractivity contribution in [3.05, 3.63) is 36.5 Å². The molecule has 1 rings (SSSR count). The van der Waals surface area contributed by atoms with Gasteiger partial charge < -0.3 is 0 Å². The monoisotopic (exact) mass is 414 g/mol. The van der Waals surface area contributed by atoms with Gasteiger partial charge in [0.25, 0.3) is 0 Å². The lowest BCUT2D eigenvalue weighted by molar-refractivity contribution is 0.463. The van der Waals surface area contributed by atoms with Crippen LogP contribution < -0.4 is 0 Å². The third-order valence-electron chi connectivity index (χ3n) is 7.17. The van der Waals surface area contributed by atoms with Crippen LogP contribution in [0.15, 0.2) is 36.5 Å². The molecule has 1 aliphatic rings. The van der Waals surface area contributed by atoms with Crippen molar-refractivity contribution in [2.75, 3.05) is 0 Å². The van der Waals surface area contributed by atoms with Crippen molar-refractivity contribution in [2.24, 2.45) is 5.92 Å². The van der Waals surface area contributed by atoms with E-state index in [2.05, 4.69) is 32.2 Å². The van der Waals surface area contributed by atoms with Gasteiger partial charge in [-0.1, -0.05) is 107 Å². The fourth-order valence-electron chi connectivity index (χ4n) is 4.92. The van der Waals surface area contributed by atoms with Gasteiger partial charge in [0.15, 0.2) is 0 Å². The molecule has 1 unspecified atom stereocenters. The maximum atomic E-state index is 3.86. The third kappa shape index (κ3) is 14.3. The molecule has 0 bridgehead atoms. The molecule has 0 spiro atoms. The smallest absolute Gasteiger partial charge is 0.0226 e. The second kappa shape index (κ2) is 20.1. The minimum Gasteiger partial charge on any atom is -0.103 e. The van der Waals surface area contributed by atoms with E-state index < -0.39 is 0 Å². The largest absolute Gasteiger partial charge is 0.103 e. The van der Waals surface area contributed by atoms with Crippen molar-refractivity contribution in [1.82, 2.24) is 0 Å². The van der Waals surface area contributed by atoms with Crippen LogP contribution in [0.1, 0.15) is 148 Å². The normalized spacial score (nSPS) is 17.6. The van der Waals surface area contributed by atoms with Crippen molar-refractivity contribution >= 4 is 0 Å². The van der Waals surface area contributed by atoms with Gasteiger partial charge in [-0.25, -0.2) is 0 Å². The van der Waals surface area contributed by atoms with Crippen LogP contribution in [-0.2, 0) is 0 Å². The SMILES string of the molecule is C=CCCCCCCCCCCCCCCCCC(CCCCC=C)=C1CCC1C. The standard InChI is InChI=1S/C30H54/c1-4-6-8-10-11-12-13-14-15-16-17-18-19-20-21-23-25-29(24-22-9-7-5-2)30-27-26-28(30)3/h4-5,28H,1-2,6-27H2,3H3. The first-order chi connectivity index (χ1) is 14.8. The molecule has 0 amide bonds. The zero-order chi connectivity index (χ0) is 21.7. The molecule has 1 fully saturated rings. The molecular weight excluding hydrogens is 360 g/mol. The highest BCUT2D eigenvalue weighted by Crippen LogP contribution is 2.38. The zero-order valence-corrected chi connectivity index (χ0v) is 20.7. The maximum absolute atomic E-state index is 3.86. The molecule has 30 heavy (non-hydrogen) atoms. The molecule has 0 radical (unpaired) electrons. The summed E-state index contributed by atoms with van der Waals surface area (Å²) >= 11 is 0. The van der Waals surface area contributed by atoms with Crippen LogP contribution in [0.4, 0.5) is 0 Å². The molecule has 0 aromatic heterocycles. The summed E-state index contributed by atoms with van der Waals surface area (Å²) in [5, 5.41) is 0. The second-order valence-corrected chi connectivity index (χ2v) is 9.88. The summed E-state index contributed by atoms with van der Waals surface area (Å²) in [6.45, 7) is 10.1. The van der Waals surface area contributed by atoms with Gasteiger partial charge in [-0.3, -0.25) is 0 Å². The lowest BCUT2D eigenvalue weighted by atomic mass is 9.76. The fourth-order valence-corrected chi connectivity index (χ4v) is 4.92. The summed E-state index contributed by atoms with van der Waals surface area (Å²) in [6, 6.07) is 0. The molecule has 1 aliphatic carbocycles. The Kier molecular flexibility index (Phi) is 18.3. The van der Waals surface area contributed by atoms with E-state index in [0.29, 0.717) is 0 Å². The van der Waals surface area contributed by atoms with E-state index in [-0.39, 0.29) is 0 Å². The van der Waals surface area contributed by atoms with Gasteiger partial charge >= 0.3 is 0 Å². The number of rotatable bonds is 22. The van der Waals surface area contributed by atoms with E-state index in [0.717, 1.165) is 5.92 Å². The Bertz CT molecular complexity index is 441. The Morgan fingerprint density at radius 3 is 1.37 bits per heavy atom. The third-order valence-corrected chi connectivity index (χ3v) is 7.17. The van der Waals surface area contributed by atoms with Crippen LogP contribution in [0.25, 0.3) is 0 Å². The molecule has 0 N–H and O–H groups in total. The van der Waals surface area contributed by atoms with Crippen molar-refractivity contribution in [3.63, 3.8) is 0 Å². The van der Waals surface area contributed by atoms with Gasteiger partial charge in [0.1, 0.15) is 0 Å². The molecule has 174 valence electrons. The molecule has 0 heteroatoms. The number of allylic oxidation sites excluding steroid dienone is 4. The molecule has 1 atom stereocenters. The molecular formula is C30H54. The second-order valence-electron chi connectivity index (χ2n) is 9.88. The van der Waals surface area contributed by atoms with E-state index in [1.165, 1.54) is 141 Å². The Labute approximate surface area is 190 Å². The predicted molar refractivity (Wildman–Crippen MR) is 138 cm³/mol. The van der Waals surface area contributed by atoms with Crippen molar-refractivity contribution in [1.29, 1.82) is 0 Å². The fraction of sp³-hybridized carbons (Fsp3) is 0.800. The summed E-state index contributed by atoms with van der Waals surface area (Å²) in [5.41, 5.74) is 3.68. The van der Waals surface area contributed by atoms with E-state index in [9.17, 15) is 0 Å². The summed E-state index contributed by atoms with van der Waals surface area (Å²) in [5.74, 6) is 0.886. The molecule has 0 aromatic carbocycles. The highest BCUT2D eigenvalue weighted by atomic mass is 14.3. The number of hydrogen-bond donors (Lipinski definition) is 0. The van der Waals surface area contributed by atoms with E-state index in [1.54, 1.807) is 0 Å². The number of unbranched alkanes of at least 4 members (excludes halogenated alkanes) is 16. The van der Waals surface area contributed by atoms with Crippen molar-refractivity contribution in [2.45, 2.75) is 148 Å². The molecule has 0 nitrogen and oxygen atoms in total. The lowest BCUT2D eigenvalue weighted by Gasteiger charge is -2.30. The average Bonchev–Trinajstić information content (AvgIpc) is 2.75. The van der Waals surface area contributed by atoms with Crippen molar-refractivity contribution < 1.29 is 0 Å². The van der Waals surface area contributed by atoms with Gasteiger partial charge in [-0.2, -0.15) is 0 Å². The van der Waals surface area contributed by atoms with Crippen LogP contribution in [0.5, 0.6) is 0 Å². The topological polar surface area (TPSA) is 0 Å². The van der Waals surface area contributed by atoms with E-state index >= 15 is 0 Å². The number of hydrogen-bond acceptors (Lipinski definition) is 0. The molecule has 0 aromatic rings. The summed E-state index contributed by atoms with van der Waals surface area (Å²) < 4.78 is 0. The summed E-state index contributed by atoms with van der Waals surface area (Å²) in [7, 11) is 0. The molecule has 0 saturated heterocycles. The van der Waals surface area contributed by atoms with Crippen LogP contribution in [-0.4, -0.2) is 0 Å². The first-order valence-corrected chi connectivity index (χ1v) is 13.7. The van der Waals surface area contributed by atoms with Crippen LogP contribution >= 0.6 is 0 Å². The van der Waals surface area contributed by atoms with E-state index in [1.807, 2.05) is 11.1 Å². The quantitative estimate of drug-likeness (QED) is 0.122. The van der Waals surface area contributed by atoms with Crippen LogP contribution in [0, 0.1) is 5.92 Å². The molecule has 0 heterocycles. The van der Waals surface area contributed by atoms with Gasteiger partial charge in [-0.15, -0.1) is 13.2 Å². The van der Waals surface area contributed by atoms with Gasteiger partial charge in [0.05, 0.1) is 0 Å². The lowest BCUT2D eigenvalue weighted by Crippen LogP contribution is -2.14. The van der Waals surface area contributed by atoms with E-state index in [4.69, 9.17) is 0 Å². The minimum absolute atomic E-state index is 0.886. The molecule has 0 aliphatic heterocycles. The Morgan fingerprint density at radius 1 is 0.633 bits per heavy atom. The first kappa shape index (κ1) is 27.3. The van der Waals surface area contributed by atoms with Crippen LogP contribution in [0.2, 0.25) is 0 Å². The van der Waals surface area contributed by atoms with Gasteiger partial charge in [0, 0.05) is 0 Å². The van der Waals surface area contributed by atoms with Gasteiger partial charge in [-0.05, 0) is 70.1 Å². The Balaban J connectivity index is 1.91. The maximum Gasteiger partial charge on any atom is -0.0226 e. The van der Waals surface area contributed by atoms with Crippen LogP contribution in [0.3, 0.4) is 0 Å². The first-order valence-electron chi connectivity index (χ1n) is 13.7. The average molecular weight is 415 g/mol. The summed E-state index contributed by atoms with van der Waals surface area (Å²) in [6.07, 6.45) is 35.0. The Morgan fingerprint density at radius 2 is 1.00 bits per heavy atom. The predicted octanol–water partition coefficient (Wildman–Crippen LogP) is 10.9.